The van der Waals surface area contributed by atoms with Crippen molar-refractivity contribution in [1.82, 2.24) is 4.90 Å². The predicted octanol–water partition coefficient (Wildman–Crippen LogP) is 1.54. The van der Waals surface area contributed by atoms with Crippen molar-refractivity contribution >= 4 is 5.91 Å². The van der Waals surface area contributed by atoms with Gasteiger partial charge in [0.25, 0.3) is 5.91 Å². The van der Waals surface area contributed by atoms with Crippen LogP contribution in [0.5, 0.6) is 5.75 Å². The van der Waals surface area contributed by atoms with Crippen LogP contribution in [-0.2, 0) is 0 Å². The van der Waals surface area contributed by atoms with E-state index in [0.717, 1.165) is 0 Å². The first-order chi connectivity index (χ1) is 7.61. The molecule has 1 rings (SSSR count). The van der Waals surface area contributed by atoms with Crippen LogP contribution in [-0.4, -0.2) is 31.5 Å². The van der Waals surface area contributed by atoms with Gasteiger partial charge in [0.05, 0.1) is 13.7 Å². The molecule has 0 spiro atoms. The van der Waals surface area contributed by atoms with Crippen LogP contribution in [0, 0.1) is 18.2 Å². The summed E-state index contributed by atoms with van der Waals surface area (Å²) in [7, 11) is 2.89. The fourth-order valence-corrected chi connectivity index (χ4v) is 1.28. The van der Waals surface area contributed by atoms with Gasteiger partial charge in [-0.3, -0.25) is 4.79 Å². The molecule has 1 amide bonds. The van der Waals surface area contributed by atoms with Gasteiger partial charge in [0.2, 0.25) is 0 Å². The van der Waals surface area contributed by atoms with Crippen LogP contribution in [0.3, 0.4) is 0 Å². The SMILES string of the molecule is C#CCN(C)C(=O)c1c(F)cccc1OC. The fourth-order valence-electron chi connectivity index (χ4n) is 1.28. The third-order valence-corrected chi connectivity index (χ3v) is 2.08. The number of terminal acetylenes is 1. The highest BCUT2D eigenvalue weighted by Crippen LogP contribution is 2.22. The molecule has 0 unspecified atom stereocenters. The Labute approximate surface area is 93.8 Å². The molecule has 0 heterocycles. The number of ether oxygens (including phenoxy) is 1. The molecule has 0 aliphatic carbocycles. The molecule has 0 radical (unpaired) electrons. The third-order valence-electron chi connectivity index (χ3n) is 2.08. The quantitative estimate of drug-likeness (QED) is 0.724. The molecule has 1 aromatic carbocycles. The Kier molecular flexibility index (Phi) is 3.90. The normalized spacial score (nSPS) is 9.38. The lowest BCUT2D eigenvalue weighted by Crippen LogP contribution is -2.28. The Bertz CT molecular complexity index is 437. The first kappa shape index (κ1) is 12.1. The number of hydrogen-bond acceptors (Lipinski definition) is 2. The number of hydrogen-bond donors (Lipinski definition) is 0. The highest BCUT2D eigenvalue weighted by Gasteiger charge is 2.20. The molecule has 0 aromatic heterocycles. The third kappa shape index (κ3) is 2.31. The average Bonchev–Trinajstić information content (AvgIpc) is 2.28. The molecule has 0 saturated heterocycles. The molecule has 0 N–H and O–H groups in total. The summed E-state index contributed by atoms with van der Waals surface area (Å²) in [6, 6.07) is 4.21. The number of amides is 1. The summed E-state index contributed by atoms with van der Waals surface area (Å²) >= 11 is 0. The predicted molar refractivity (Wildman–Crippen MR) is 58.7 cm³/mol. The van der Waals surface area contributed by atoms with Gasteiger partial charge >= 0.3 is 0 Å². The highest BCUT2D eigenvalue weighted by atomic mass is 19.1. The summed E-state index contributed by atoms with van der Waals surface area (Å²) in [5.74, 6) is 1.41. The smallest absolute Gasteiger partial charge is 0.261 e. The lowest BCUT2D eigenvalue weighted by molar-refractivity contribution is 0.0804. The first-order valence-corrected chi connectivity index (χ1v) is 4.63. The average molecular weight is 221 g/mol. The van der Waals surface area contributed by atoms with E-state index in [4.69, 9.17) is 11.2 Å². The Morgan fingerprint density at radius 2 is 2.31 bits per heavy atom. The molecule has 3 nitrogen and oxygen atoms in total. The van der Waals surface area contributed by atoms with Crippen LogP contribution in [0.4, 0.5) is 4.39 Å². The fraction of sp³-hybridized carbons (Fsp3) is 0.250. The van der Waals surface area contributed by atoms with E-state index in [1.54, 1.807) is 0 Å². The second-order valence-corrected chi connectivity index (χ2v) is 3.18. The summed E-state index contributed by atoms with van der Waals surface area (Å²) in [5.41, 5.74) is -0.0947. The van der Waals surface area contributed by atoms with E-state index >= 15 is 0 Å². The van der Waals surface area contributed by atoms with Crippen molar-refractivity contribution in [3.05, 3.63) is 29.6 Å². The lowest BCUT2D eigenvalue weighted by atomic mass is 10.1. The van der Waals surface area contributed by atoms with Crippen molar-refractivity contribution in [2.45, 2.75) is 0 Å². The molecular weight excluding hydrogens is 209 g/mol. The summed E-state index contributed by atoms with van der Waals surface area (Å²) < 4.78 is 18.4. The van der Waals surface area contributed by atoms with Gasteiger partial charge in [-0.15, -0.1) is 6.42 Å². The largest absolute Gasteiger partial charge is 0.496 e. The van der Waals surface area contributed by atoms with E-state index in [0.29, 0.717) is 0 Å². The summed E-state index contributed by atoms with van der Waals surface area (Å²) in [4.78, 5) is 13.1. The van der Waals surface area contributed by atoms with Gasteiger partial charge in [0.1, 0.15) is 17.1 Å². The number of nitrogens with zero attached hydrogens (tertiary/aromatic N) is 1. The van der Waals surface area contributed by atoms with Gasteiger partial charge < -0.3 is 9.64 Å². The van der Waals surface area contributed by atoms with E-state index < -0.39 is 11.7 Å². The number of carbonyl (C=O) groups excluding carboxylic acids is 1. The molecule has 0 bridgehead atoms. The molecule has 84 valence electrons. The van der Waals surface area contributed by atoms with E-state index in [-0.39, 0.29) is 17.9 Å². The van der Waals surface area contributed by atoms with Gasteiger partial charge in [-0.05, 0) is 12.1 Å². The van der Waals surface area contributed by atoms with Crippen LogP contribution in [0.15, 0.2) is 18.2 Å². The van der Waals surface area contributed by atoms with Gasteiger partial charge in [0.15, 0.2) is 0 Å². The van der Waals surface area contributed by atoms with E-state index in [9.17, 15) is 9.18 Å². The van der Waals surface area contributed by atoms with Gasteiger partial charge in [-0.1, -0.05) is 12.0 Å². The minimum absolute atomic E-state index is 0.0947. The van der Waals surface area contributed by atoms with E-state index in [2.05, 4.69) is 5.92 Å². The molecular formula is C12H12FNO2. The minimum Gasteiger partial charge on any atom is -0.496 e. The Morgan fingerprint density at radius 3 is 2.88 bits per heavy atom. The maximum absolute atomic E-state index is 13.5. The van der Waals surface area contributed by atoms with E-state index in [1.165, 1.54) is 37.3 Å². The minimum atomic E-state index is -0.617. The van der Waals surface area contributed by atoms with Crippen molar-refractivity contribution in [3.63, 3.8) is 0 Å². The number of halogens is 1. The number of rotatable bonds is 3. The number of carbonyl (C=O) groups is 1. The van der Waals surface area contributed by atoms with Crippen molar-refractivity contribution in [2.24, 2.45) is 0 Å². The zero-order valence-corrected chi connectivity index (χ0v) is 9.16. The van der Waals surface area contributed by atoms with Gasteiger partial charge in [-0.2, -0.15) is 0 Å². The monoisotopic (exact) mass is 221 g/mol. The van der Waals surface area contributed by atoms with Crippen molar-refractivity contribution in [2.75, 3.05) is 20.7 Å². The highest BCUT2D eigenvalue weighted by molar-refractivity contribution is 5.97. The summed E-state index contributed by atoms with van der Waals surface area (Å²) in [5, 5.41) is 0. The standard InChI is InChI=1S/C12H12FNO2/c1-4-8-14(2)12(15)11-9(13)6-5-7-10(11)16-3/h1,5-7H,8H2,2-3H3. The van der Waals surface area contributed by atoms with E-state index in [1.807, 2.05) is 0 Å². The zero-order chi connectivity index (χ0) is 12.1. The summed E-state index contributed by atoms with van der Waals surface area (Å²) in [6.45, 7) is 0.121. The van der Waals surface area contributed by atoms with Crippen LogP contribution >= 0.6 is 0 Å². The van der Waals surface area contributed by atoms with Crippen LogP contribution in [0.2, 0.25) is 0 Å². The number of benzene rings is 1. The maximum Gasteiger partial charge on any atom is 0.261 e. The molecule has 1 aromatic rings. The van der Waals surface area contributed by atoms with Crippen molar-refractivity contribution in [3.8, 4) is 18.1 Å². The Balaban J connectivity index is 3.12. The Hall–Kier alpha value is -2.02. The molecule has 0 aliphatic rings. The molecule has 0 saturated carbocycles. The van der Waals surface area contributed by atoms with Gasteiger partial charge in [0, 0.05) is 7.05 Å². The second kappa shape index (κ2) is 5.17. The molecule has 0 atom stereocenters. The van der Waals surface area contributed by atoms with Crippen LogP contribution < -0.4 is 4.74 Å². The molecule has 0 aliphatic heterocycles. The molecule has 0 fully saturated rings. The summed E-state index contributed by atoms with van der Waals surface area (Å²) in [6.07, 6.45) is 5.09. The van der Waals surface area contributed by atoms with Crippen molar-refractivity contribution < 1.29 is 13.9 Å². The van der Waals surface area contributed by atoms with Crippen molar-refractivity contribution in [1.29, 1.82) is 0 Å². The van der Waals surface area contributed by atoms with Gasteiger partial charge in [-0.25, -0.2) is 4.39 Å². The van der Waals surface area contributed by atoms with Crippen LogP contribution in [0.25, 0.3) is 0 Å². The Morgan fingerprint density at radius 1 is 1.62 bits per heavy atom. The lowest BCUT2D eigenvalue weighted by Gasteiger charge is -2.16. The number of methoxy groups -OCH3 is 1. The second-order valence-electron chi connectivity index (χ2n) is 3.18. The topological polar surface area (TPSA) is 29.5 Å². The van der Waals surface area contributed by atoms with Crippen LogP contribution in [0.1, 0.15) is 10.4 Å². The zero-order valence-electron chi connectivity index (χ0n) is 9.16. The molecule has 4 heteroatoms. The first-order valence-electron chi connectivity index (χ1n) is 4.63. The molecule has 16 heavy (non-hydrogen) atoms. The maximum atomic E-state index is 13.5.